The molecule has 0 saturated carbocycles. The van der Waals surface area contributed by atoms with Crippen LogP contribution in [0.4, 0.5) is 0 Å². The van der Waals surface area contributed by atoms with Gasteiger partial charge in [-0.05, 0) is 19.3 Å². The van der Waals surface area contributed by atoms with Crippen LogP contribution >= 0.6 is 0 Å². The number of amides is 3. The Morgan fingerprint density at radius 2 is 1.82 bits per heavy atom. The number of hydrogen-bond donors (Lipinski definition) is 6. The molecule has 1 aromatic heterocycles. The van der Waals surface area contributed by atoms with Crippen LogP contribution in [0.5, 0.6) is 0 Å². The van der Waals surface area contributed by atoms with Crippen LogP contribution < -0.4 is 21.7 Å². The average molecular weight is 396 g/mol. The van der Waals surface area contributed by atoms with E-state index in [1.807, 2.05) is 13.8 Å². The molecule has 0 aliphatic rings. The van der Waals surface area contributed by atoms with Gasteiger partial charge in [0.25, 0.3) is 0 Å². The molecule has 1 rings (SSSR count). The number of carboxylic acid groups (broad SMARTS) is 1. The van der Waals surface area contributed by atoms with Gasteiger partial charge in [0.15, 0.2) is 0 Å². The largest absolute Gasteiger partial charge is 0.480 e. The summed E-state index contributed by atoms with van der Waals surface area (Å²) < 4.78 is 0. The Hall–Kier alpha value is -2.95. The highest BCUT2D eigenvalue weighted by Crippen LogP contribution is 2.05. The standard InChI is InChI=1S/C17H28N6O5/c1-9(2)4-12(18)16(27)23-13(5-11-6-19-8-21-11)17(28)22-10(3)15(26)20-7-14(24)25/h6,8-10,12-13H,4-5,7,18H2,1-3H3,(H,19,21)(H,20,26)(H,22,28)(H,23,27)(H,24,25). The van der Waals surface area contributed by atoms with E-state index >= 15 is 0 Å². The number of aliphatic carboxylic acids is 1. The van der Waals surface area contributed by atoms with Gasteiger partial charge in [-0.25, -0.2) is 4.98 Å². The number of aromatic nitrogens is 2. The van der Waals surface area contributed by atoms with Crippen LogP contribution in [0.2, 0.25) is 0 Å². The molecule has 0 saturated heterocycles. The van der Waals surface area contributed by atoms with E-state index in [-0.39, 0.29) is 12.3 Å². The monoisotopic (exact) mass is 396 g/mol. The van der Waals surface area contributed by atoms with E-state index in [4.69, 9.17) is 10.8 Å². The number of rotatable bonds is 11. The average Bonchev–Trinajstić information content (AvgIpc) is 3.11. The molecule has 0 fully saturated rings. The summed E-state index contributed by atoms with van der Waals surface area (Å²) in [5.41, 5.74) is 6.49. The maximum atomic E-state index is 12.6. The van der Waals surface area contributed by atoms with Gasteiger partial charge < -0.3 is 31.8 Å². The summed E-state index contributed by atoms with van der Waals surface area (Å²) >= 11 is 0. The molecular weight excluding hydrogens is 368 g/mol. The Balaban J connectivity index is 2.77. The van der Waals surface area contributed by atoms with Gasteiger partial charge in [-0.3, -0.25) is 19.2 Å². The van der Waals surface area contributed by atoms with Gasteiger partial charge in [0.05, 0.1) is 12.4 Å². The number of nitrogens with one attached hydrogen (secondary N) is 4. The zero-order valence-electron chi connectivity index (χ0n) is 16.2. The van der Waals surface area contributed by atoms with Crippen molar-refractivity contribution in [2.75, 3.05) is 6.54 Å². The van der Waals surface area contributed by atoms with Crippen LogP contribution in [0.1, 0.15) is 32.9 Å². The number of nitrogens with zero attached hydrogens (tertiary/aromatic N) is 1. The minimum absolute atomic E-state index is 0.120. The third-order valence-corrected chi connectivity index (χ3v) is 3.84. The van der Waals surface area contributed by atoms with E-state index < -0.39 is 48.4 Å². The van der Waals surface area contributed by atoms with Gasteiger partial charge in [0.1, 0.15) is 18.6 Å². The minimum Gasteiger partial charge on any atom is -0.480 e. The number of nitrogens with two attached hydrogens (primary N) is 1. The van der Waals surface area contributed by atoms with Gasteiger partial charge in [-0.1, -0.05) is 13.8 Å². The van der Waals surface area contributed by atoms with E-state index in [1.165, 1.54) is 19.4 Å². The van der Waals surface area contributed by atoms with Gasteiger partial charge >= 0.3 is 5.97 Å². The summed E-state index contributed by atoms with van der Waals surface area (Å²) in [7, 11) is 0. The Morgan fingerprint density at radius 3 is 2.36 bits per heavy atom. The van der Waals surface area contributed by atoms with Crippen molar-refractivity contribution in [3.63, 3.8) is 0 Å². The number of carboxylic acids is 1. The molecule has 11 heteroatoms. The third kappa shape index (κ3) is 8.16. The summed E-state index contributed by atoms with van der Waals surface area (Å²) in [4.78, 5) is 54.0. The molecule has 1 aromatic rings. The fraction of sp³-hybridized carbons (Fsp3) is 0.588. The van der Waals surface area contributed by atoms with Crippen molar-refractivity contribution in [3.05, 3.63) is 18.2 Å². The summed E-state index contributed by atoms with van der Waals surface area (Å²) in [6.07, 6.45) is 3.54. The molecule has 0 bridgehead atoms. The summed E-state index contributed by atoms with van der Waals surface area (Å²) in [6.45, 7) is 4.71. The van der Waals surface area contributed by atoms with Crippen LogP contribution in [0.15, 0.2) is 12.5 Å². The number of H-pyrrole nitrogens is 1. The van der Waals surface area contributed by atoms with Crippen molar-refractivity contribution in [1.29, 1.82) is 0 Å². The molecular formula is C17H28N6O5. The van der Waals surface area contributed by atoms with Gasteiger partial charge in [0.2, 0.25) is 17.7 Å². The first-order valence-electron chi connectivity index (χ1n) is 8.93. The van der Waals surface area contributed by atoms with Gasteiger partial charge in [0, 0.05) is 18.3 Å². The smallest absolute Gasteiger partial charge is 0.322 e. The molecule has 0 radical (unpaired) electrons. The van der Waals surface area contributed by atoms with Crippen molar-refractivity contribution >= 4 is 23.7 Å². The lowest BCUT2D eigenvalue weighted by molar-refractivity contribution is -0.138. The fourth-order valence-corrected chi connectivity index (χ4v) is 2.41. The molecule has 7 N–H and O–H groups in total. The second-order valence-corrected chi connectivity index (χ2v) is 6.92. The van der Waals surface area contributed by atoms with E-state index in [0.29, 0.717) is 12.1 Å². The molecule has 3 atom stereocenters. The number of carbonyl (C=O) groups excluding carboxylic acids is 3. The Bertz CT molecular complexity index is 676. The third-order valence-electron chi connectivity index (χ3n) is 3.84. The molecule has 1 heterocycles. The molecule has 3 amide bonds. The number of carbonyl (C=O) groups is 4. The fourth-order valence-electron chi connectivity index (χ4n) is 2.41. The van der Waals surface area contributed by atoms with Crippen molar-refractivity contribution in [2.45, 2.75) is 51.7 Å². The zero-order chi connectivity index (χ0) is 21.3. The first kappa shape index (κ1) is 23.1. The molecule has 0 aliphatic carbocycles. The van der Waals surface area contributed by atoms with E-state index in [0.717, 1.165) is 0 Å². The summed E-state index contributed by atoms with van der Waals surface area (Å²) in [5.74, 6) is -2.72. The second kappa shape index (κ2) is 11.0. The number of hydrogen-bond acceptors (Lipinski definition) is 6. The van der Waals surface area contributed by atoms with Crippen LogP contribution in [0.3, 0.4) is 0 Å². The highest BCUT2D eigenvalue weighted by molar-refractivity contribution is 5.93. The molecule has 0 aliphatic heterocycles. The maximum absolute atomic E-state index is 12.6. The second-order valence-electron chi connectivity index (χ2n) is 6.92. The zero-order valence-corrected chi connectivity index (χ0v) is 16.2. The minimum atomic E-state index is -1.20. The normalized spacial score (nSPS) is 14.0. The van der Waals surface area contributed by atoms with Gasteiger partial charge in [-0.2, -0.15) is 0 Å². The Labute approximate surface area is 162 Å². The van der Waals surface area contributed by atoms with Crippen molar-refractivity contribution in [1.82, 2.24) is 25.9 Å². The lowest BCUT2D eigenvalue weighted by Gasteiger charge is -2.22. The molecule has 156 valence electrons. The quantitative estimate of drug-likeness (QED) is 0.264. The number of imidazole rings is 1. The summed E-state index contributed by atoms with van der Waals surface area (Å²) in [5, 5.41) is 15.8. The molecule has 0 aromatic carbocycles. The van der Waals surface area contributed by atoms with E-state index in [9.17, 15) is 19.2 Å². The highest BCUT2D eigenvalue weighted by Gasteiger charge is 2.27. The van der Waals surface area contributed by atoms with Crippen LogP contribution in [-0.4, -0.2) is 63.4 Å². The highest BCUT2D eigenvalue weighted by atomic mass is 16.4. The lowest BCUT2D eigenvalue weighted by Crippen LogP contribution is -2.56. The number of aromatic amines is 1. The van der Waals surface area contributed by atoms with Gasteiger partial charge in [-0.15, -0.1) is 0 Å². The van der Waals surface area contributed by atoms with E-state index in [1.54, 1.807) is 0 Å². The van der Waals surface area contributed by atoms with Crippen LogP contribution in [0, 0.1) is 5.92 Å². The van der Waals surface area contributed by atoms with Crippen molar-refractivity contribution < 1.29 is 24.3 Å². The van der Waals surface area contributed by atoms with Crippen LogP contribution in [-0.2, 0) is 25.6 Å². The SMILES string of the molecule is CC(C)CC(N)C(=O)NC(Cc1cnc[nH]1)C(=O)NC(C)C(=O)NCC(=O)O. The van der Waals surface area contributed by atoms with Crippen molar-refractivity contribution in [2.24, 2.45) is 11.7 Å². The maximum Gasteiger partial charge on any atom is 0.322 e. The predicted octanol–water partition coefficient (Wildman–Crippen LogP) is -1.48. The molecule has 3 unspecified atom stereocenters. The molecule has 11 nitrogen and oxygen atoms in total. The summed E-state index contributed by atoms with van der Waals surface area (Å²) in [6, 6.07) is -2.74. The Morgan fingerprint density at radius 1 is 1.14 bits per heavy atom. The lowest BCUT2D eigenvalue weighted by atomic mass is 10.0. The molecule has 0 spiro atoms. The first-order valence-corrected chi connectivity index (χ1v) is 8.93. The van der Waals surface area contributed by atoms with Crippen LogP contribution in [0.25, 0.3) is 0 Å². The Kier molecular flexibility index (Phi) is 9.09. The van der Waals surface area contributed by atoms with Crippen molar-refractivity contribution in [3.8, 4) is 0 Å². The predicted molar refractivity (Wildman–Crippen MR) is 99.9 cm³/mol. The topological polar surface area (TPSA) is 179 Å². The molecule has 28 heavy (non-hydrogen) atoms. The first-order chi connectivity index (χ1) is 13.1. The van der Waals surface area contributed by atoms with E-state index in [2.05, 4.69) is 25.9 Å².